The number of thiazole rings is 1. The molecule has 120 valence electrons. The smallest absolute Gasteiger partial charge is 0.269 e. The highest BCUT2D eigenvalue weighted by Gasteiger charge is 2.09. The summed E-state index contributed by atoms with van der Waals surface area (Å²) in [5, 5.41) is 14.0. The van der Waals surface area contributed by atoms with Gasteiger partial charge in [0.15, 0.2) is 0 Å². The number of nitrogens with one attached hydrogen (secondary N) is 1. The standard InChI is InChI=1S/C16H11N3O4S/c20-16(18-15-9-17-10-24-15)11-2-1-3-14(8-11)23-13-6-4-12(5-7-13)19(21)22/h1-10H,(H,18,20). The van der Waals surface area contributed by atoms with Crippen molar-refractivity contribution in [1.82, 2.24) is 4.98 Å². The molecule has 3 aromatic rings. The van der Waals surface area contributed by atoms with E-state index in [1.807, 2.05) is 0 Å². The van der Waals surface area contributed by atoms with Crippen molar-refractivity contribution >= 4 is 27.9 Å². The molecule has 0 saturated carbocycles. The molecular formula is C16H11N3O4S. The van der Waals surface area contributed by atoms with Crippen molar-refractivity contribution in [2.24, 2.45) is 0 Å². The van der Waals surface area contributed by atoms with Crippen LogP contribution in [0.4, 0.5) is 10.7 Å². The number of benzene rings is 2. The van der Waals surface area contributed by atoms with Crippen molar-refractivity contribution in [2.45, 2.75) is 0 Å². The van der Waals surface area contributed by atoms with Crippen LogP contribution in [0.3, 0.4) is 0 Å². The number of carbonyl (C=O) groups is 1. The van der Waals surface area contributed by atoms with Gasteiger partial charge in [-0.25, -0.2) is 0 Å². The molecule has 3 rings (SSSR count). The molecule has 0 atom stereocenters. The van der Waals surface area contributed by atoms with Gasteiger partial charge in [-0.3, -0.25) is 19.9 Å². The normalized spacial score (nSPS) is 10.2. The summed E-state index contributed by atoms with van der Waals surface area (Å²) in [6, 6.07) is 12.4. The molecule has 24 heavy (non-hydrogen) atoms. The Morgan fingerprint density at radius 2 is 1.96 bits per heavy atom. The summed E-state index contributed by atoms with van der Waals surface area (Å²) in [5.74, 6) is 0.634. The third-order valence-corrected chi connectivity index (χ3v) is 3.74. The Bertz CT molecular complexity index is 863. The monoisotopic (exact) mass is 341 g/mol. The van der Waals surface area contributed by atoms with Crippen LogP contribution in [0, 0.1) is 10.1 Å². The molecule has 1 N–H and O–H groups in total. The third kappa shape index (κ3) is 3.73. The van der Waals surface area contributed by atoms with Crippen LogP contribution in [-0.2, 0) is 0 Å². The number of anilines is 1. The molecule has 7 nitrogen and oxygen atoms in total. The second kappa shape index (κ2) is 6.88. The van der Waals surface area contributed by atoms with E-state index in [1.165, 1.54) is 35.6 Å². The molecule has 8 heteroatoms. The predicted molar refractivity (Wildman–Crippen MR) is 89.7 cm³/mol. The molecule has 1 aromatic heterocycles. The zero-order valence-electron chi connectivity index (χ0n) is 12.2. The second-order valence-electron chi connectivity index (χ2n) is 4.70. The Balaban J connectivity index is 1.73. The fraction of sp³-hybridized carbons (Fsp3) is 0. The van der Waals surface area contributed by atoms with Crippen LogP contribution in [-0.4, -0.2) is 15.8 Å². The fourth-order valence-electron chi connectivity index (χ4n) is 1.93. The van der Waals surface area contributed by atoms with Gasteiger partial charge >= 0.3 is 0 Å². The average molecular weight is 341 g/mol. The Hall–Kier alpha value is -3.26. The average Bonchev–Trinajstić information content (AvgIpc) is 3.08. The van der Waals surface area contributed by atoms with Gasteiger partial charge < -0.3 is 10.1 Å². The van der Waals surface area contributed by atoms with E-state index in [4.69, 9.17) is 4.74 Å². The second-order valence-corrected chi connectivity index (χ2v) is 5.59. The minimum absolute atomic E-state index is 0.0139. The highest BCUT2D eigenvalue weighted by atomic mass is 32.1. The molecule has 2 aromatic carbocycles. The van der Waals surface area contributed by atoms with E-state index in [0.717, 1.165) is 0 Å². The number of nitrogens with zero attached hydrogens (tertiary/aromatic N) is 2. The minimum atomic E-state index is -0.478. The van der Waals surface area contributed by atoms with Gasteiger partial charge in [0.1, 0.15) is 16.5 Å². The van der Waals surface area contributed by atoms with Gasteiger partial charge in [-0.1, -0.05) is 6.07 Å². The van der Waals surface area contributed by atoms with E-state index in [0.29, 0.717) is 22.1 Å². The van der Waals surface area contributed by atoms with E-state index in [9.17, 15) is 14.9 Å². The number of hydrogen-bond donors (Lipinski definition) is 1. The van der Waals surface area contributed by atoms with Gasteiger partial charge in [0.2, 0.25) is 0 Å². The van der Waals surface area contributed by atoms with Crippen LogP contribution in [0.5, 0.6) is 11.5 Å². The molecule has 0 spiro atoms. The van der Waals surface area contributed by atoms with Crippen molar-refractivity contribution in [3.63, 3.8) is 0 Å². The number of aromatic nitrogens is 1. The summed E-state index contributed by atoms with van der Waals surface area (Å²) in [6.45, 7) is 0. The van der Waals surface area contributed by atoms with Crippen molar-refractivity contribution in [1.29, 1.82) is 0 Å². The lowest BCUT2D eigenvalue weighted by Gasteiger charge is -2.07. The lowest BCUT2D eigenvalue weighted by atomic mass is 10.2. The maximum atomic E-state index is 12.2. The number of hydrogen-bond acceptors (Lipinski definition) is 6. The molecule has 0 aliphatic heterocycles. The van der Waals surface area contributed by atoms with Crippen LogP contribution < -0.4 is 10.1 Å². The molecule has 0 aliphatic rings. The molecule has 1 heterocycles. The van der Waals surface area contributed by atoms with Crippen LogP contribution in [0.15, 0.2) is 60.2 Å². The fourth-order valence-corrected chi connectivity index (χ4v) is 2.44. The van der Waals surface area contributed by atoms with Crippen molar-refractivity contribution < 1.29 is 14.5 Å². The van der Waals surface area contributed by atoms with Gasteiger partial charge in [0.25, 0.3) is 11.6 Å². The number of rotatable bonds is 5. The summed E-state index contributed by atoms with van der Waals surface area (Å²) in [5.41, 5.74) is 2.05. The Morgan fingerprint density at radius 3 is 2.62 bits per heavy atom. The summed E-state index contributed by atoms with van der Waals surface area (Å²) >= 11 is 1.33. The molecule has 0 saturated heterocycles. The summed E-state index contributed by atoms with van der Waals surface area (Å²) in [6.07, 6.45) is 1.57. The van der Waals surface area contributed by atoms with E-state index in [1.54, 1.807) is 36.0 Å². The molecule has 0 unspecified atom stereocenters. The number of carbonyl (C=O) groups excluding carboxylic acids is 1. The molecule has 0 bridgehead atoms. The first-order valence-electron chi connectivity index (χ1n) is 6.84. The molecular weight excluding hydrogens is 330 g/mol. The number of ether oxygens (including phenoxy) is 1. The summed E-state index contributed by atoms with van der Waals surface area (Å²) < 4.78 is 5.63. The van der Waals surface area contributed by atoms with E-state index in [-0.39, 0.29) is 11.6 Å². The Kier molecular flexibility index (Phi) is 4.48. The van der Waals surface area contributed by atoms with Gasteiger partial charge in [0, 0.05) is 17.7 Å². The number of non-ortho nitro benzene ring substituents is 1. The maximum absolute atomic E-state index is 12.2. The first kappa shape index (κ1) is 15.6. The molecule has 0 aliphatic carbocycles. The number of nitro groups is 1. The van der Waals surface area contributed by atoms with Gasteiger partial charge in [-0.05, 0) is 30.3 Å². The third-order valence-electron chi connectivity index (χ3n) is 3.05. The van der Waals surface area contributed by atoms with Crippen LogP contribution >= 0.6 is 11.3 Å². The van der Waals surface area contributed by atoms with E-state index in [2.05, 4.69) is 10.3 Å². The lowest BCUT2D eigenvalue weighted by Crippen LogP contribution is -2.10. The van der Waals surface area contributed by atoms with Gasteiger partial charge in [-0.2, -0.15) is 0 Å². The largest absolute Gasteiger partial charge is 0.457 e. The van der Waals surface area contributed by atoms with Crippen molar-refractivity contribution in [2.75, 3.05) is 5.32 Å². The van der Waals surface area contributed by atoms with Crippen molar-refractivity contribution in [3.8, 4) is 11.5 Å². The molecule has 0 radical (unpaired) electrons. The topological polar surface area (TPSA) is 94.4 Å². The highest BCUT2D eigenvalue weighted by Crippen LogP contribution is 2.25. The summed E-state index contributed by atoms with van der Waals surface area (Å²) in [4.78, 5) is 26.2. The van der Waals surface area contributed by atoms with E-state index < -0.39 is 4.92 Å². The molecule has 1 amide bonds. The Labute approximate surface area is 140 Å². The zero-order chi connectivity index (χ0) is 16.9. The summed E-state index contributed by atoms with van der Waals surface area (Å²) in [7, 11) is 0. The zero-order valence-corrected chi connectivity index (χ0v) is 13.0. The lowest BCUT2D eigenvalue weighted by molar-refractivity contribution is -0.384. The van der Waals surface area contributed by atoms with Crippen LogP contribution in [0.2, 0.25) is 0 Å². The van der Waals surface area contributed by atoms with Gasteiger partial charge in [0.05, 0.1) is 16.6 Å². The van der Waals surface area contributed by atoms with Crippen LogP contribution in [0.25, 0.3) is 0 Å². The first-order valence-corrected chi connectivity index (χ1v) is 7.72. The Morgan fingerprint density at radius 1 is 1.17 bits per heavy atom. The first-order chi connectivity index (χ1) is 11.6. The predicted octanol–water partition coefficient (Wildman–Crippen LogP) is 4.10. The van der Waals surface area contributed by atoms with Gasteiger partial charge in [-0.15, -0.1) is 11.3 Å². The van der Waals surface area contributed by atoms with Crippen LogP contribution in [0.1, 0.15) is 10.4 Å². The van der Waals surface area contributed by atoms with E-state index >= 15 is 0 Å². The quantitative estimate of drug-likeness (QED) is 0.557. The maximum Gasteiger partial charge on any atom is 0.269 e. The highest BCUT2D eigenvalue weighted by molar-refractivity contribution is 7.14. The number of amides is 1. The number of nitro benzene ring substituents is 1. The molecule has 0 fully saturated rings. The van der Waals surface area contributed by atoms with Crippen molar-refractivity contribution in [3.05, 3.63) is 75.9 Å². The SMILES string of the molecule is O=C(Nc1cncs1)c1cccc(Oc2ccc([N+](=O)[O-])cc2)c1. The minimum Gasteiger partial charge on any atom is -0.457 e.